The minimum Gasteiger partial charge on any atom is -0.495 e. The minimum absolute atomic E-state index is 0.0399. The molecule has 2 amide bonds. The topological polar surface area (TPSA) is 87.2 Å². The zero-order valence-corrected chi connectivity index (χ0v) is 15.1. The number of hydrogen-bond donors (Lipinski definition) is 1. The smallest absolute Gasteiger partial charge is 0.305 e. The summed E-state index contributed by atoms with van der Waals surface area (Å²) in [5.41, 5.74) is 1.68. The number of carboxylic acids is 1. The summed E-state index contributed by atoms with van der Waals surface area (Å²) in [4.78, 5) is 39.7. The zero-order chi connectivity index (χ0) is 18.8. The van der Waals surface area contributed by atoms with Crippen molar-refractivity contribution in [3.8, 4) is 5.75 Å². The number of methoxy groups -OCH3 is 1. The van der Waals surface area contributed by atoms with Gasteiger partial charge in [0.1, 0.15) is 5.75 Å². The van der Waals surface area contributed by atoms with Crippen LogP contribution in [0.2, 0.25) is 0 Å². The number of carbonyl (C=O) groups excluding carboxylic acids is 2. The van der Waals surface area contributed by atoms with Crippen LogP contribution in [0.15, 0.2) is 18.2 Å². The molecule has 2 atom stereocenters. The highest BCUT2D eigenvalue weighted by Gasteiger charge is 2.41. The SMILES string of the molecule is COc1ccc(C)cc1N1CC(C(=O)N2CCCC2CC(=O)O)CC1=O. The molecule has 7 nitrogen and oxygen atoms in total. The molecular formula is C19H24N2O5. The Labute approximate surface area is 152 Å². The molecule has 0 bridgehead atoms. The van der Waals surface area contributed by atoms with Gasteiger partial charge in [0.2, 0.25) is 11.8 Å². The van der Waals surface area contributed by atoms with Gasteiger partial charge in [-0.2, -0.15) is 0 Å². The Morgan fingerprint density at radius 1 is 1.35 bits per heavy atom. The highest BCUT2D eigenvalue weighted by atomic mass is 16.5. The zero-order valence-electron chi connectivity index (χ0n) is 15.1. The van der Waals surface area contributed by atoms with E-state index >= 15 is 0 Å². The largest absolute Gasteiger partial charge is 0.495 e. The molecule has 1 aromatic carbocycles. The van der Waals surface area contributed by atoms with Crippen molar-refractivity contribution in [1.82, 2.24) is 4.90 Å². The van der Waals surface area contributed by atoms with Crippen LogP contribution in [-0.2, 0) is 14.4 Å². The maximum Gasteiger partial charge on any atom is 0.305 e. The number of rotatable bonds is 5. The summed E-state index contributed by atoms with van der Waals surface area (Å²) in [6, 6.07) is 5.34. The first-order valence-electron chi connectivity index (χ1n) is 8.88. The molecule has 1 N–H and O–H groups in total. The van der Waals surface area contributed by atoms with Crippen LogP contribution in [0.5, 0.6) is 5.75 Å². The fourth-order valence-corrected chi connectivity index (χ4v) is 3.89. The molecule has 2 aliphatic rings. The van der Waals surface area contributed by atoms with E-state index in [1.54, 1.807) is 16.9 Å². The van der Waals surface area contributed by atoms with Gasteiger partial charge in [0.25, 0.3) is 0 Å². The molecule has 2 aliphatic heterocycles. The number of amides is 2. The Kier molecular flexibility index (Phi) is 5.15. The predicted octanol–water partition coefficient (Wildman–Crippen LogP) is 1.82. The summed E-state index contributed by atoms with van der Waals surface area (Å²) in [7, 11) is 1.55. The van der Waals surface area contributed by atoms with Crippen molar-refractivity contribution in [2.45, 2.75) is 38.6 Å². The fraction of sp³-hybridized carbons (Fsp3) is 0.526. The molecule has 0 aromatic heterocycles. The number of anilines is 1. The molecule has 0 aliphatic carbocycles. The summed E-state index contributed by atoms with van der Waals surface area (Å²) >= 11 is 0. The number of likely N-dealkylation sites (tertiary alicyclic amines) is 1. The molecule has 26 heavy (non-hydrogen) atoms. The number of hydrogen-bond acceptors (Lipinski definition) is 4. The van der Waals surface area contributed by atoms with Gasteiger partial charge in [-0.05, 0) is 37.5 Å². The third-order valence-electron chi connectivity index (χ3n) is 5.17. The minimum atomic E-state index is -0.900. The maximum atomic E-state index is 12.9. The standard InChI is InChI=1S/C19H24N2O5/c1-12-5-6-16(26-2)15(8-12)21-11-13(9-17(21)22)19(25)20-7-3-4-14(20)10-18(23)24/h5-6,8,13-14H,3-4,7,9-11H2,1-2H3,(H,23,24). The third kappa shape index (κ3) is 3.52. The Hall–Kier alpha value is -2.57. The van der Waals surface area contributed by atoms with Gasteiger partial charge in [-0.1, -0.05) is 6.07 Å². The molecule has 0 radical (unpaired) electrons. The molecule has 0 spiro atoms. The van der Waals surface area contributed by atoms with E-state index in [1.807, 2.05) is 25.1 Å². The average Bonchev–Trinajstić information content (AvgIpc) is 3.20. The lowest BCUT2D eigenvalue weighted by atomic mass is 10.1. The van der Waals surface area contributed by atoms with E-state index in [-0.39, 0.29) is 30.7 Å². The molecule has 0 saturated carbocycles. The first-order valence-corrected chi connectivity index (χ1v) is 8.88. The highest BCUT2D eigenvalue weighted by molar-refractivity contribution is 6.01. The molecule has 2 saturated heterocycles. The van der Waals surface area contributed by atoms with E-state index in [1.165, 1.54) is 0 Å². The van der Waals surface area contributed by atoms with Gasteiger partial charge < -0.3 is 19.6 Å². The van der Waals surface area contributed by atoms with E-state index in [0.29, 0.717) is 30.9 Å². The van der Waals surface area contributed by atoms with Crippen LogP contribution in [-0.4, -0.2) is 54.0 Å². The normalized spacial score (nSPS) is 22.8. The van der Waals surface area contributed by atoms with Gasteiger partial charge in [0, 0.05) is 25.6 Å². The monoisotopic (exact) mass is 360 g/mol. The Morgan fingerprint density at radius 2 is 2.12 bits per heavy atom. The number of benzene rings is 1. The molecule has 2 fully saturated rings. The Morgan fingerprint density at radius 3 is 2.81 bits per heavy atom. The molecule has 1 aromatic rings. The molecular weight excluding hydrogens is 336 g/mol. The second kappa shape index (κ2) is 7.35. The van der Waals surface area contributed by atoms with Crippen molar-refractivity contribution in [1.29, 1.82) is 0 Å². The number of aliphatic carboxylic acids is 1. The second-order valence-corrected chi connectivity index (χ2v) is 7.01. The van der Waals surface area contributed by atoms with Crippen LogP contribution in [0.1, 0.15) is 31.2 Å². The molecule has 2 unspecified atom stereocenters. The highest BCUT2D eigenvalue weighted by Crippen LogP contribution is 2.35. The lowest BCUT2D eigenvalue weighted by Gasteiger charge is -2.26. The van der Waals surface area contributed by atoms with E-state index in [0.717, 1.165) is 12.0 Å². The summed E-state index contributed by atoms with van der Waals surface area (Å²) in [6.07, 6.45) is 1.61. The molecule has 7 heteroatoms. The summed E-state index contributed by atoms with van der Waals surface area (Å²) in [5.74, 6) is -0.968. The van der Waals surface area contributed by atoms with Gasteiger partial charge in [-0.25, -0.2) is 0 Å². The lowest BCUT2D eigenvalue weighted by molar-refractivity contribution is -0.141. The van der Waals surface area contributed by atoms with E-state index in [2.05, 4.69) is 0 Å². The lowest BCUT2D eigenvalue weighted by Crippen LogP contribution is -2.41. The number of carbonyl (C=O) groups is 3. The Balaban J connectivity index is 1.76. The summed E-state index contributed by atoms with van der Waals surface area (Å²) in [6.45, 7) is 2.80. The number of aryl methyl sites for hydroxylation is 1. The van der Waals surface area contributed by atoms with Gasteiger partial charge in [0.05, 0.1) is 25.1 Å². The number of carboxylic acid groups (broad SMARTS) is 1. The van der Waals surface area contributed by atoms with Crippen LogP contribution < -0.4 is 9.64 Å². The first-order chi connectivity index (χ1) is 12.4. The maximum absolute atomic E-state index is 12.9. The molecule has 140 valence electrons. The van der Waals surface area contributed by atoms with Crippen LogP contribution >= 0.6 is 0 Å². The third-order valence-corrected chi connectivity index (χ3v) is 5.17. The van der Waals surface area contributed by atoms with Crippen LogP contribution in [0.3, 0.4) is 0 Å². The summed E-state index contributed by atoms with van der Waals surface area (Å²) in [5, 5.41) is 9.04. The van der Waals surface area contributed by atoms with Crippen LogP contribution in [0.4, 0.5) is 5.69 Å². The quantitative estimate of drug-likeness (QED) is 0.865. The van der Waals surface area contributed by atoms with Gasteiger partial charge in [-0.3, -0.25) is 14.4 Å². The molecule has 2 heterocycles. The van der Waals surface area contributed by atoms with Crippen molar-refractivity contribution in [3.63, 3.8) is 0 Å². The van der Waals surface area contributed by atoms with Crippen molar-refractivity contribution < 1.29 is 24.2 Å². The van der Waals surface area contributed by atoms with Crippen molar-refractivity contribution in [2.24, 2.45) is 5.92 Å². The van der Waals surface area contributed by atoms with Gasteiger partial charge in [0.15, 0.2) is 0 Å². The van der Waals surface area contributed by atoms with Crippen LogP contribution in [0.25, 0.3) is 0 Å². The van der Waals surface area contributed by atoms with E-state index < -0.39 is 11.9 Å². The van der Waals surface area contributed by atoms with Gasteiger partial charge in [-0.15, -0.1) is 0 Å². The number of ether oxygens (including phenoxy) is 1. The summed E-state index contributed by atoms with van der Waals surface area (Å²) < 4.78 is 5.36. The fourth-order valence-electron chi connectivity index (χ4n) is 3.89. The van der Waals surface area contributed by atoms with Crippen LogP contribution in [0, 0.1) is 12.8 Å². The van der Waals surface area contributed by atoms with Crippen molar-refractivity contribution in [2.75, 3.05) is 25.1 Å². The Bertz CT molecular complexity index is 733. The number of nitrogens with zero attached hydrogens (tertiary/aromatic N) is 2. The predicted molar refractivity (Wildman–Crippen MR) is 95.2 cm³/mol. The molecule has 3 rings (SSSR count). The van der Waals surface area contributed by atoms with E-state index in [4.69, 9.17) is 9.84 Å². The van der Waals surface area contributed by atoms with Crippen molar-refractivity contribution >= 4 is 23.5 Å². The van der Waals surface area contributed by atoms with E-state index in [9.17, 15) is 14.4 Å². The second-order valence-electron chi connectivity index (χ2n) is 7.01. The first kappa shape index (κ1) is 18.2. The average molecular weight is 360 g/mol. The van der Waals surface area contributed by atoms with Gasteiger partial charge >= 0.3 is 5.97 Å². The van der Waals surface area contributed by atoms with Crippen molar-refractivity contribution in [3.05, 3.63) is 23.8 Å².